The smallest absolute Gasteiger partial charge is 0.212 e. The lowest BCUT2D eigenvalue weighted by Gasteiger charge is -2.07. The quantitative estimate of drug-likeness (QED) is 0.678. The molecule has 0 spiro atoms. The molecule has 0 bridgehead atoms. The predicted octanol–water partition coefficient (Wildman–Crippen LogP) is 1.65. The second-order valence-corrected chi connectivity index (χ2v) is 5.68. The molecule has 3 aromatic rings. The number of hydrogen-bond donors (Lipinski definition) is 0. The summed E-state index contributed by atoms with van der Waals surface area (Å²) in [4.78, 5) is 4.12. The molecule has 0 atom stereocenters. The van der Waals surface area contributed by atoms with E-state index >= 15 is 0 Å². The second kappa shape index (κ2) is 5.99. The lowest BCUT2D eigenvalue weighted by molar-refractivity contribution is -0.0215. The molecule has 0 aliphatic carbocycles. The van der Waals surface area contributed by atoms with Crippen LogP contribution in [-0.2, 0) is 9.47 Å². The van der Waals surface area contributed by atoms with Crippen LogP contribution in [0.15, 0.2) is 41.8 Å². The Labute approximate surface area is 130 Å². The maximum absolute atomic E-state index is 5.43. The van der Waals surface area contributed by atoms with Crippen LogP contribution in [-0.4, -0.2) is 50.1 Å². The number of hydrogen-bond acceptors (Lipinski definition) is 7. The number of fused-ring (bicyclic) bond motifs is 1. The van der Waals surface area contributed by atoms with Crippen LogP contribution in [0.3, 0.4) is 0 Å². The first-order valence-corrected chi connectivity index (χ1v) is 7.87. The Morgan fingerprint density at radius 3 is 2.91 bits per heavy atom. The first-order chi connectivity index (χ1) is 10.9. The van der Waals surface area contributed by atoms with E-state index in [1.807, 2.05) is 24.3 Å². The predicted molar refractivity (Wildman–Crippen MR) is 80.4 cm³/mol. The van der Waals surface area contributed by atoms with Gasteiger partial charge >= 0.3 is 0 Å². The zero-order valence-corrected chi connectivity index (χ0v) is 12.4. The van der Waals surface area contributed by atoms with Crippen LogP contribution in [0, 0.1) is 0 Å². The summed E-state index contributed by atoms with van der Waals surface area (Å²) in [7, 11) is 0. The van der Waals surface area contributed by atoms with E-state index in [9.17, 15) is 0 Å². The third-order valence-electron chi connectivity index (χ3n) is 3.23. The molecule has 8 heteroatoms. The highest BCUT2D eigenvalue weighted by Gasteiger charge is 2.18. The molecule has 0 amide bonds. The molecule has 1 fully saturated rings. The Kier molecular flexibility index (Phi) is 3.71. The first-order valence-electron chi connectivity index (χ1n) is 6.89. The van der Waals surface area contributed by atoms with E-state index in [0.29, 0.717) is 24.6 Å². The van der Waals surface area contributed by atoms with Gasteiger partial charge in [0.2, 0.25) is 5.16 Å². The summed E-state index contributed by atoms with van der Waals surface area (Å²) in [5, 5.41) is 13.6. The van der Waals surface area contributed by atoms with E-state index < -0.39 is 0 Å². The molecule has 1 aliphatic rings. The maximum atomic E-state index is 5.43. The molecule has 0 saturated carbocycles. The van der Waals surface area contributed by atoms with Crippen molar-refractivity contribution in [2.24, 2.45) is 0 Å². The zero-order valence-electron chi connectivity index (χ0n) is 11.6. The number of thioether (sulfide) groups is 1. The highest BCUT2D eigenvalue weighted by Crippen LogP contribution is 2.22. The minimum Gasteiger partial charge on any atom is -0.349 e. The van der Waals surface area contributed by atoms with Crippen molar-refractivity contribution in [3.63, 3.8) is 0 Å². The van der Waals surface area contributed by atoms with Crippen molar-refractivity contribution < 1.29 is 9.47 Å². The minimum absolute atomic E-state index is 0.182. The molecule has 0 aromatic carbocycles. The van der Waals surface area contributed by atoms with E-state index in [2.05, 4.69) is 20.3 Å². The van der Waals surface area contributed by atoms with Gasteiger partial charge in [-0.25, -0.2) is 0 Å². The molecule has 112 valence electrons. The second-order valence-electron chi connectivity index (χ2n) is 4.69. The molecule has 3 aromatic heterocycles. The minimum atomic E-state index is -0.182. The van der Waals surface area contributed by atoms with E-state index in [-0.39, 0.29) is 6.29 Å². The molecular weight excluding hydrogens is 302 g/mol. The van der Waals surface area contributed by atoms with Gasteiger partial charge in [0, 0.05) is 18.0 Å². The van der Waals surface area contributed by atoms with Gasteiger partial charge in [-0.05, 0) is 24.3 Å². The fraction of sp³-hybridized carbons (Fsp3) is 0.286. The first kappa shape index (κ1) is 13.6. The van der Waals surface area contributed by atoms with Crippen molar-refractivity contribution in [3.8, 4) is 11.3 Å². The Bertz CT molecular complexity index is 773. The van der Waals surface area contributed by atoms with Gasteiger partial charge in [0.15, 0.2) is 11.9 Å². The van der Waals surface area contributed by atoms with Gasteiger partial charge in [-0.15, -0.1) is 10.2 Å². The van der Waals surface area contributed by atoms with Crippen LogP contribution in [0.1, 0.15) is 0 Å². The lowest BCUT2D eigenvalue weighted by Crippen LogP contribution is -2.11. The largest absolute Gasteiger partial charge is 0.349 e. The highest BCUT2D eigenvalue weighted by atomic mass is 32.2. The zero-order chi connectivity index (χ0) is 14.8. The third-order valence-corrected chi connectivity index (χ3v) is 4.18. The summed E-state index contributed by atoms with van der Waals surface area (Å²) in [5.41, 5.74) is 2.50. The average Bonchev–Trinajstić information content (AvgIpc) is 3.23. The number of nitrogens with zero attached hydrogens (tertiary/aromatic N) is 5. The fourth-order valence-corrected chi connectivity index (χ4v) is 3.01. The van der Waals surface area contributed by atoms with E-state index in [0.717, 1.165) is 16.4 Å². The van der Waals surface area contributed by atoms with Crippen molar-refractivity contribution in [1.82, 2.24) is 24.8 Å². The summed E-state index contributed by atoms with van der Waals surface area (Å²) in [6.07, 6.45) is 3.34. The van der Waals surface area contributed by atoms with Gasteiger partial charge in [-0.2, -0.15) is 9.61 Å². The SMILES string of the molecule is c1cncc(-c2ccc3nnc(SCC4OCCO4)n3n2)c1. The van der Waals surface area contributed by atoms with E-state index in [4.69, 9.17) is 9.47 Å². The van der Waals surface area contributed by atoms with Gasteiger partial charge in [-0.3, -0.25) is 4.98 Å². The van der Waals surface area contributed by atoms with Crippen molar-refractivity contribution in [2.45, 2.75) is 11.4 Å². The fourth-order valence-electron chi connectivity index (χ4n) is 2.17. The Balaban J connectivity index is 1.62. The number of ether oxygens (including phenoxy) is 2. The molecule has 0 unspecified atom stereocenters. The number of aromatic nitrogens is 5. The topological polar surface area (TPSA) is 74.4 Å². The van der Waals surface area contributed by atoms with Crippen molar-refractivity contribution in [2.75, 3.05) is 19.0 Å². The molecule has 1 saturated heterocycles. The average molecular weight is 315 g/mol. The van der Waals surface area contributed by atoms with Crippen molar-refractivity contribution >= 4 is 17.4 Å². The maximum Gasteiger partial charge on any atom is 0.212 e. The van der Waals surface area contributed by atoms with Gasteiger partial charge in [-0.1, -0.05) is 11.8 Å². The summed E-state index contributed by atoms with van der Waals surface area (Å²) < 4.78 is 12.6. The van der Waals surface area contributed by atoms with Crippen LogP contribution >= 0.6 is 11.8 Å². The molecule has 4 heterocycles. The molecule has 0 N–H and O–H groups in total. The highest BCUT2D eigenvalue weighted by molar-refractivity contribution is 7.99. The molecule has 22 heavy (non-hydrogen) atoms. The van der Waals surface area contributed by atoms with Crippen LogP contribution in [0.4, 0.5) is 0 Å². The summed E-state index contributed by atoms with van der Waals surface area (Å²) >= 11 is 1.52. The molecule has 1 aliphatic heterocycles. The Morgan fingerprint density at radius 1 is 1.18 bits per heavy atom. The number of rotatable bonds is 4. The Morgan fingerprint density at radius 2 is 2.09 bits per heavy atom. The third kappa shape index (κ3) is 2.68. The van der Waals surface area contributed by atoms with Crippen molar-refractivity contribution in [1.29, 1.82) is 0 Å². The monoisotopic (exact) mass is 315 g/mol. The van der Waals surface area contributed by atoms with E-state index in [1.54, 1.807) is 16.9 Å². The van der Waals surface area contributed by atoms with Gasteiger partial charge in [0.1, 0.15) is 0 Å². The van der Waals surface area contributed by atoms with E-state index in [1.165, 1.54) is 11.8 Å². The molecule has 7 nitrogen and oxygen atoms in total. The Hall–Kier alpha value is -2.03. The van der Waals surface area contributed by atoms with Crippen LogP contribution in [0.2, 0.25) is 0 Å². The molecular formula is C14H13N5O2S. The van der Waals surface area contributed by atoms with Gasteiger partial charge < -0.3 is 9.47 Å². The summed E-state index contributed by atoms with van der Waals surface area (Å²) in [6.45, 7) is 1.30. The normalized spacial score (nSPS) is 15.6. The number of pyridine rings is 1. The molecule has 0 radical (unpaired) electrons. The van der Waals surface area contributed by atoms with Crippen LogP contribution in [0.25, 0.3) is 16.9 Å². The van der Waals surface area contributed by atoms with Crippen LogP contribution in [0.5, 0.6) is 0 Å². The van der Waals surface area contributed by atoms with Crippen LogP contribution < -0.4 is 0 Å². The summed E-state index contributed by atoms with van der Waals surface area (Å²) in [6, 6.07) is 7.67. The van der Waals surface area contributed by atoms with Gasteiger partial charge in [0.05, 0.1) is 24.7 Å². The lowest BCUT2D eigenvalue weighted by atomic mass is 10.2. The van der Waals surface area contributed by atoms with Crippen molar-refractivity contribution in [3.05, 3.63) is 36.7 Å². The summed E-state index contributed by atoms with van der Waals surface area (Å²) in [5.74, 6) is 0.666. The molecule has 4 rings (SSSR count). The van der Waals surface area contributed by atoms with Gasteiger partial charge in [0.25, 0.3) is 0 Å². The standard InChI is InChI=1S/C14H13N5O2S/c1-2-10(8-15-5-1)11-3-4-12-16-17-14(19(12)18-11)22-9-13-20-6-7-21-13/h1-5,8,13H,6-7,9H2.